The summed E-state index contributed by atoms with van der Waals surface area (Å²) in [6, 6.07) is 31.9. The molecule has 0 aliphatic carbocycles. The number of nitrogens with one attached hydrogen (secondary N) is 1. The Bertz CT molecular complexity index is 1620. The van der Waals surface area contributed by atoms with Crippen molar-refractivity contribution in [1.29, 1.82) is 0 Å². The molecule has 5 rings (SSSR count). The number of carbonyl (C=O) groups is 2. The summed E-state index contributed by atoms with van der Waals surface area (Å²) in [5.74, 6) is 0.819. The number of ether oxygens (including phenoxy) is 1. The second kappa shape index (κ2) is 12.7. The Kier molecular flexibility index (Phi) is 8.49. The molecular weight excluding hydrogens is 516 g/mol. The van der Waals surface area contributed by atoms with Crippen molar-refractivity contribution >= 4 is 46.2 Å². The largest absolute Gasteiger partial charge is 0.492 e. The van der Waals surface area contributed by atoms with Crippen LogP contribution >= 0.6 is 0 Å². The van der Waals surface area contributed by atoms with Gasteiger partial charge in [-0.2, -0.15) is 0 Å². The number of hydrogen-bond acceptors (Lipinski definition) is 6. The van der Waals surface area contributed by atoms with Crippen LogP contribution in [0.25, 0.3) is 11.0 Å². The Morgan fingerprint density at radius 2 is 1.63 bits per heavy atom. The summed E-state index contributed by atoms with van der Waals surface area (Å²) in [5.41, 5.74) is 10.2. The molecule has 0 radical (unpaired) electrons. The van der Waals surface area contributed by atoms with Crippen molar-refractivity contribution in [3.05, 3.63) is 114 Å². The Morgan fingerprint density at radius 3 is 2.37 bits per heavy atom. The molecule has 0 aliphatic rings. The van der Waals surface area contributed by atoms with Gasteiger partial charge in [0.2, 0.25) is 12.3 Å². The molecule has 0 bridgehead atoms. The number of carbonyl (C=O) groups excluding carboxylic acids is 2. The van der Waals surface area contributed by atoms with Crippen molar-refractivity contribution in [2.24, 2.45) is 0 Å². The first-order valence-electron chi connectivity index (χ1n) is 13.5. The number of rotatable bonds is 12. The topological polar surface area (TPSA) is 101 Å². The van der Waals surface area contributed by atoms with E-state index in [9.17, 15) is 9.59 Å². The fourth-order valence-electron chi connectivity index (χ4n) is 4.66. The molecule has 1 aromatic heterocycles. The molecule has 3 N–H and O–H groups in total. The van der Waals surface area contributed by atoms with E-state index < -0.39 is 0 Å². The lowest BCUT2D eigenvalue weighted by molar-refractivity contribution is -0.107. The second-order valence-corrected chi connectivity index (χ2v) is 9.44. The highest BCUT2D eigenvalue weighted by molar-refractivity contribution is 6.05. The quantitative estimate of drug-likeness (QED) is 0.139. The van der Waals surface area contributed by atoms with E-state index in [-0.39, 0.29) is 19.1 Å². The van der Waals surface area contributed by atoms with E-state index >= 15 is 0 Å². The summed E-state index contributed by atoms with van der Waals surface area (Å²) in [7, 11) is 0. The molecule has 0 saturated heterocycles. The van der Waals surface area contributed by atoms with Crippen LogP contribution < -0.4 is 25.6 Å². The van der Waals surface area contributed by atoms with E-state index in [0.717, 1.165) is 35.2 Å². The Labute approximate surface area is 238 Å². The van der Waals surface area contributed by atoms with E-state index in [1.54, 1.807) is 41.3 Å². The standard InChI is InChI=1S/C33H32N4O4/c1-2-36(25-10-4-3-5-11-25)22-28-27-12-6-9-15-31(27)41-33(28)37(23-38)20-21-40-26-18-16-24(17-19-26)32(39)35-30-14-8-7-13-29(30)34/h3-19,23H,2,20-22,34H2,1H3,(H,35,39). The van der Waals surface area contributed by atoms with Crippen LogP contribution in [0.5, 0.6) is 5.75 Å². The van der Waals surface area contributed by atoms with E-state index in [2.05, 4.69) is 29.3 Å². The average Bonchev–Trinajstić information content (AvgIpc) is 3.37. The van der Waals surface area contributed by atoms with Gasteiger partial charge in [-0.15, -0.1) is 0 Å². The Hall–Kier alpha value is -5.24. The molecule has 0 aliphatic heterocycles. The third-order valence-electron chi connectivity index (χ3n) is 6.84. The monoisotopic (exact) mass is 548 g/mol. The first-order chi connectivity index (χ1) is 20.1. The lowest BCUT2D eigenvalue weighted by Crippen LogP contribution is -2.29. The van der Waals surface area contributed by atoms with Crippen LogP contribution in [-0.2, 0) is 11.3 Å². The van der Waals surface area contributed by atoms with Crippen LogP contribution in [0.3, 0.4) is 0 Å². The van der Waals surface area contributed by atoms with Gasteiger partial charge in [-0.25, -0.2) is 0 Å². The zero-order chi connectivity index (χ0) is 28.6. The highest BCUT2D eigenvalue weighted by atomic mass is 16.5. The predicted octanol–water partition coefficient (Wildman–Crippen LogP) is 6.34. The summed E-state index contributed by atoms with van der Waals surface area (Å²) in [5, 5.41) is 3.78. The van der Waals surface area contributed by atoms with Gasteiger partial charge in [0.05, 0.1) is 17.9 Å². The molecule has 5 aromatic rings. The SMILES string of the molecule is CCN(Cc1c(N(C=O)CCOc2ccc(C(=O)Nc3ccccc3N)cc2)oc2ccccc12)c1ccccc1. The number of nitrogens with zero attached hydrogens (tertiary/aromatic N) is 2. The van der Waals surface area contributed by atoms with Gasteiger partial charge in [0.15, 0.2) is 0 Å². The number of fused-ring (bicyclic) bond motifs is 1. The van der Waals surface area contributed by atoms with Gasteiger partial charge in [-0.05, 0) is 61.5 Å². The van der Waals surface area contributed by atoms with Gasteiger partial charge in [0, 0.05) is 35.3 Å². The fraction of sp³-hybridized carbons (Fsp3) is 0.152. The number of amides is 2. The first kappa shape index (κ1) is 27.3. The molecule has 208 valence electrons. The number of anilines is 4. The number of benzene rings is 4. The Balaban J connectivity index is 1.26. The number of para-hydroxylation sites is 4. The summed E-state index contributed by atoms with van der Waals surface area (Å²) in [4.78, 5) is 28.6. The summed E-state index contributed by atoms with van der Waals surface area (Å²) < 4.78 is 12.1. The van der Waals surface area contributed by atoms with Crippen LogP contribution in [-0.4, -0.2) is 32.0 Å². The highest BCUT2D eigenvalue weighted by Crippen LogP contribution is 2.34. The van der Waals surface area contributed by atoms with Crippen molar-refractivity contribution in [1.82, 2.24) is 0 Å². The molecule has 0 fully saturated rings. The van der Waals surface area contributed by atoms with Crippen LogP contribution in [0, 0.1) is 0 Å². The molecule has 0 spiro atoms. The fourth-order valence-corrected chi connectivity index (χ4v) is 4.66. The molecule has 0 atom stereocenters. The minimum absolute atomic E-state index is 0.234. The van der Waals surface area contributed by atoms with Crippen molar-refractivity contribution in [3.8, 4) is 5.75 Å². The van der Waals surface area contributed by atoms with E-state index in [1.807, 2.05) is 54.6 Å². The zero-order valence-electron chi connectivity index (χ0n) is 22.8. The summed E-state index contributed by atoms with van der Waals surface area (Å²) >= 11 is 0. The maximum absolute atomic E-state index is 12.6. The van der Waals surface area contributed by atoms with Crippen molar-refractivity contribution in [3.63, 3.8) is 0 Å². The van der Waals surface area contributed by atoms with Gasteiger partial charge >= 0.3 is 0 Å². The molecule has 8 nitrogen and oxygen atoms in total. The minimum atomic E-state index is -0.268. The lowest BCUT2D eigenvalue weighted by atomic mass is 10.1. The predicted molar refractivity (Wildman–Crippen MR) is 164 cm³/mol. The normalized spacial score (nSPS) is 10.8. The molecule has 4 aromatic carbocycles. The maximum atomic E-state index is 12.6. The maximum Gasteiger partial charge on any atom is 0.255 e. The minimum Gasteiger partial charge on any atom is -0.492 e. The highest BCUT2D eigenvalue weighted by Gasteiger charge is 2.22. The van der Waals surface area contributed by atoms with Crippen LogP contribution in [0.4, 0.5) is 22.9 Å². The third kappa shape index (κ3) is 6.33. The van der Waals surface area contributed by atoms with Crippen molar-refractivity contribution in [2.75, 3.05) is 40.5 Å². The van der Waals surface area contributed by atoms with Gasteiger partial charge in [0.25, 0.3) is 5.91 Å². The number of nitrogens with two attached hydrogens (primary N) is 1. The van der Waals surface area contributed by atoms with Gasteiger partial charge < -0.3 is 25.1 Å². The smallest absolute Gasteiger partial charge is 0.255 e. The molecule has 2 amide bonds. The van der Waals surface area contributed by atoms with E-state index in [0.29, 0.717) is 35.1 Å². The number of hydrogen-bond donors (Lipinski definition) is 2. The lowest BCUT2D eigenvalue weighted by Gasteiger charge is -2.24. The number of nitrogen functional groups attached to an aromatic ring is 1. The van der Waals surface area contributed by atoms with Crippen LogP contribution in [0.15, 0.2) is 108 Å². The molecule has 1 heterocycles. The van der Waals surface area contributed by atoms with Crippen molar-refractivity contribution in [2.45, 2.75) is 13.5 Å². The van der Waals surface area contributed by atoms with Crippen LogP contribution in [0.2, 0.25) is 0 Å². The Morgan fingerprint density at radius 1 is 0.927 bits per heavy atom. The third-order valence-corrected chi connectivity index (χ3v) is 6.84. The second-order valence-electron chi connectivity index (χ2n) is 9.44. The molecule has 0 unspecified atom stereocenters. The van der Waals surface area contributed by atoms with Crippen LogP contribution in [0.1, 0.15) is 22.8 Å². The first-order valence-corrected chi connectivity index (χ1v) is 13.5. The molecular formula is C33H32N4O4. The van der Waals surface area contributed by atoms with Gasteiger partial charge in [0.1, 0.15) is 17.9 Å². The molecule has 0 saturated carbocycles. The van der Waals surface area contributed by atoms with E-state index in [4.69, 9.17) is 14.9 Å². The summed E-state index contributed by atoms with van der Waals surface area (Å²) in [6.07, 6.45) is 0.770. The average molecular weight is 549 g/mol. The molecule has 41 heavy (non-hydrogen) atoms. The van der Waals surface area contributed by atoms with E-state index in [1.165, 1.54) is 0 Å². The summed E-state index contributed by atoms with van der Waals surface area (Å²) in [6.45, 7) is 3.99. The number of furan rings is 1. The van der Waals surface area contributed by atoms with Crippen molar-refractivity contribution < 1.29 is 18.7 Å². The van der Waals surface area contributed by atoms with Gasteiger partial charge in [-0.3, -0.25) is 14.5 Å². The zero-order valence-corrected chi connectivity index (χ0v) is 22.8. The van der Waals surface area contributed by atoms with Gasteiger partial charge in [-0.1, -0.05) is 48.5 Å². The molecule has 8 heteroatoms.